The first kappa shape index (κ1) is 40.4. The van der Waals surface area contributed by atoms with Crippen LogP contribution in [0.15, 0.2) is 18.2 Å². The minimum atomic E-state index is -1.02. The van der Waals surface area contributed by atoms with Crippen LogP contribution in [0.5, 0.6) is 0 Å². The first-order valence-electron chi connectivity index (χ1n) is 16.7. The van der Waals surface area contributed by atoms with Gasteiger partial charge in [-0.25, -0.2) is 0 Å². The summed E-state index contributed by atoms with van der Waals surface area (Å²) in [5.41, 5.74) is 0.875. The molecule has 50 heavy (non-hydrogen) atoms. The maximum atomic E-state index is 13.1. The van der Waals surface area contributed by atoms with Gasteiger partial charge >= 0.3 is 11.9 Å². The van der Waals surface area contributed by atoms with Crippen molar-refractivity contribution >= 4 is 41.3 Å². The number of unbranched alkanes of at least 4 members (excludes halogenated alkanes) is 1. The number of esters is 1. The lowest BCUT2D eigenvalue weighted by Gasteiger charge is -2.27. The number of anilines is 1. The van der Waals surface area contributed by atoms with Gasteiger partial charge in [0.1, 0.15) is 12.6 Å². The summed E-state index contributed by atoms with van der Waals surface area (Å²) in [6.07, 6.45) is 1.32. The van der Waals surface area contributed by atoms with E-state index in [1.807, 2.05) is 0 Å². The third kappa shape index (κ3) is 14.5. The van der Waals surface area contributed by atoms with Crippen molar-refractivity contribution in [2.24, 2.45) is 0 Å². The van der Waals surface area contributed by atoms with Gasteiger partial charge in [-0.2, -0.15) is 0 Å². The van der Waals surface area contributed by atoms with Crippen molar-refractivity contribution in [3.63, 3.8) is 0 Å². The Morgan fingerprint density at radius 2 is 1.28 bits per heavy atom. The summed E-state index contributed by atoms with van der Waals surface area (Å²) in [7, 11) is 0. The highest BCUT2D eigenvalue weighted by Crippen LogP contribution is 2.32. The highest BCUT2D eigenvalue weighted by Gasteiger charge is 2.45. The van der Waals surface area contributed by atoms with Gasteiger partial charge in [-0.05, 0) is 31.4 Å². The molecule has 1 atom stereocenters. The van der Waals surface area contributed by atoms with Gasteiger partial charge in [0.15, 0.2) is 0 Å². The van der Waals surface area contributed by atoms with Gasteiger partial charge in [0.25, 0.3) is 11.8 Å². The molecule has 0 radical (unpaired) electrons. The number of carbonyl (C=O) groups is 6. The molecule has 1 aromatic rings. The van der Waals surface area contributed by atoms with Crippen LogP contribution in [-0.2, 0) is 52.3 Å². The molecule has 0 aromatic heterocycles. The molecule has 2 aliphatic rings. The van der Waals surface area contributed by atoms with E-state index in [0.717, 1.165) is 4.90 Å². The van der Waals surface area contributed by atoms with Crippen molar-refractivity contribution in [1.29, 1.82) is 0 Å². The molecule has 0 aliphatic carbocycles. The van der Waals surface area contributed by atoms with E-state index >= 15 is 0 Å². The minimum absolute atomic E-state index is 0.0450. The zero-order chi connectivity index (χ0) is 36.0. The van der Waals surface area contributed by atoms with Crippen LogP contribution in [0.1, 0.15) is 59.2 Å². The fourth-order valence-corrected chi connectivity index (χ4v) is 4.95. The van der Waals surface area contributed by atoms with E-state index in [1.165, 1.54) is 0 Å². The topological polar surface area (TPSA) is 215 Å². The molecule has 4 amide bonds. The second kappa shape index (κ2) is 23.4. The van der Waals surface area contributed by atoms with Crippen LogP contribution in [-0.4, -0.2) is 144 Å². The quantitative estimate of drug-likeness (QED) is 0.0623. The Kier molecular flexibility index (Phi) is 18.9. The predicted molar refractivity (Wildman–Crippen MR) is 174 cm³/mol. The smallest absolute Gasteiger partial charge is 0.305 e. The van der Waals surface area contributed by atoms with Crippen LogP contribution in [0.3, 0.4) is 0 Å². The minimum Gasteiger partial charge on any atom is -0.481 e. The highest BCUT2D eigenvalue weighted by molar-refractivity contribution is 6.25. The molecule has 1 saturated heterocycles. The number of carboxylic acid groups (broad SMARTS) is 1. The van der Waals surface area contributed by atoms with Crippen LogP contribution in [0.2, 0.25) is 0 Å². The van der Waals surface area contributed by atoms with Crippen molar-refractivity contribution in [3.05, 3.63) is 29.3 Å². The molecule has 1 unspecified atom stereocenters. The molecule has 17 nitrogen and oxygen atoms in total. The number of ether oxygens (including phenoxy) is 7. The molecule has 0 bridgehead atoms. The van der Waals surface area contributed by atoms with E-state index in [-0.39, 0.29) is 56.0 Å². The van der Waals surface area contributed by atoms with E-state index in [4.69, 9.17) is 38.3 Å². The fraction of sp³-hybridized carbons (Fsp3) is 0.636. The monoisotopic (exact) mass is 709 g/mol. The van der Waals surface area contributed by atoms with Crippen LogP contribution in [0.4, 0.5) is 5.69 Å². The van der Waals surface area contributed by atoms with Gasteiger partial charge in [0.2, 0.25) is 11.8 Å². The molecule has 0 spiro atoms. The molecular weight excluding hydrogens is 662 g/mol. The summed E-state index contributed by atoms with van der Waals surface area (Å²) in [4.78, 5) is 72.7. The Morgan fingerprint density at radius 3 is 1.84 bits per heavy atom. The second-order valence-corrected chi connectivity index (χ2v) is 11.1. The van der Waals surface area contributed by atoms with E-state index in [0.29, 0.717) is 97.7 Å². The first-order chi connectivity index (χ1) is 24.3. The van der Waals surface area contributed by atoms with Gasteiger partial charge in [-0.1, -0.05) is 6.07 Å². The number of nitrogens with zero attached hydrogens (tertiary/aromatic N) is 1. The number of carbonyl (C=O) groups excluding carboxylic acids is 5. The van der Waals surface area contributed by atoms with Crippen LogP contribution in [0.25, 0.3) is 0 Å². The third-order valence-electron chi connectivity index (χ3n) is 7.40. The van der Waals surface area contributed by atoms with Gasteiger partial charge in [0.05, 0.1) is 90.4 Å². The van der Waals surface area contributed by atoms with Crippen LogP contribution < -0.4 is 10.6 Å². The van der Waals surface area contributed by atoms with Crippen molar-refractivity contribution in [2.75, 3.05) is 97.8 Å². The van der Waals surface area contributed by atoms with E-state index in [1.54, 1.807) is 18.2 Å². The number of hydrogen-bond donors (Lipinski definition) is 3. The van der Waals surface area contributed by atoms with Gasteiger partial charge in [-0.3, -0.25) is 39.0 Å². The third-order valence-corrected chi connectivity index (χ3v) is 7.40. The average Bonchev–Trinajstić information content (AvgIpc) is 3.34. The molecule has 0 saturated carbocycles. The summed E-state index contributed by atoms with van der Waals surface area (Å²) in [6.45, 7) is 5.01. The van der Waals surface area contributed by atoms with Crippen molar-refractivity contribution in [3.8, 4) is 0 Å². The molecule has 1 aromatic carbocycles. The molecule has 3 N–H and O–H groups in total. The number of carboxylic acids is 1. The molecule has 2 aliphatic heterocycles. The Balaban J connectivity index is 1.08. The van der Waals surface area contributed by atoms with Crippen molar-refractivity contribution in [1.82, 2.24) is 10.2 Å². The molecular formula is C33H47N3O14. The number of benzene rings is 1. The van der Waals surface area contributed by atoms with Gasteiger partial charge in [0, 0.05) is 31.5 Å². The molecule has 2 heterocycles. The van der Waals surface area contributed by atoms with Crippen LogP contribution in [0, 0.1) is 0 Å². The summed E-state index contributed by atoms with van der Waals surface area (Å²) in [5.74, 6) is -3.44. The SMILES string of the molecule is O=C(O)CCCCC(=O)OCCOCCOCCOCCOCCOCCOCCNc1cccc2c1C(=O)N(C1CCC(=O)NC1=O)C2=O. The van der Waals surface area contributed by atoms with Crippen molar-refractivity contribution < 1.29 is 67.0 Å². The van der Waals surface area contributed by atoms with Crippen LogP contribution >= 0.6 is 0 Å². The van der Waals surface area contributed by atoms with Gasteiger partial charge in [-0.15, -0.1) is 0 Å². The lowest BCUT2D eigenvalue weighted by atomic mass is 10.0. The average molecular weight is 710 g/mol. The maximum Gasteiger partial charge on any atom is 0.305 e. The number of piperidine rings is 1. The predicted octanol–water partition coefficient (Wildman–Crippen LogP) is 0.788. The zero-order valence-electron chi connectivity index (χ0n) is 28.2. The Bertz CT molecular complexity index is 1280. The number of imide groups is 2. The molecule has 17 heteroatoms. The lowest BCUT2D eigenvalue weighted by Crippen LogP contribution is -2.54. The van der Waals surface area contributed by atoms with E-state index in [9.17, 15) is 28.8 Å². The summed E-state index contributed by atoms with van der Waals surface area (Å²) in [6, 6.07) is 3.86. The van der Waals surface area contributed by atoms with Crippen molar-refractivity contribution in [2.45, 2.75) is 44.6 Å². The second-order valence-electron chi connectivity index (χ2n) is 11.1. The Morgan fingerprint density at radius 1 is 0.740 bits per heavy atom. The number of rotatable bonds is 28. The first-order valence-corrected chi connectivity index (χ1v) is 16.7. The fourth-order valence-electron chi connectivity index (χ4n) is 4.95. The summed E-state index contributed by atoms with van der Waals surface area (Å²) >= 11 is 0. The number of fused-ring (bicyclic) bond motifs is 1. The standard InChI is InChI=1S/C33H47N3O14/c37-27-9-8-26(31(41)35-27)36-32(42)24-4-3-5-25(30(24)33(36)43)34-10-11-44-12-13-45-14-15-46-16-17-47-18-19-48-20-21-49-22-23-50-29(40)7-2-1-6-28(38)39/h3-5,26,34H,1-2,6-23H2,(H,38,39)(H,35,37,41). The van der Waals surface area contributed by atoms with Gasteiger partial charge < -0.3 is 43.6 Å². The molecule has 3 rings (SSSR count). The lowest BCUT2D eigenvalue weighted by molar-refractivity contribution is -0.146. The largest absolute Gasteiger partial charge is 0.481 e. The maximum absolute atomic E-state index is 13.1. The number of nitrogens with one attached hydrogen (secondary N) is 2. The molecule has 1 fully saturated rings. The molecule has 278 valence electrons. The normalized spacial score (nSPS) is 15.7. The Labute approximate surface area is 290 Å². The number of amides is 4. The summed E-state index contributed by atoms with van der Waals surface area (Å²) < 4.78 is 37.7. The number of hydrogen-bond acceptors (Lipinski definition) is 14. The summed E-state index contributed by atoms with van der Waals surface area (Å²) in [5, 5.41) is 13.9. The zero-order valence-corrected chi connectivity index (χ0v) is 28.2. The highest BCUT2D eigenvalue weighted by atomic mass is 16.6. The Hall–Kier alpha value is -4.00. The van der Waals surface area contributed by atoms with E-state index in [2.05, 4.69) is 10.6 Å². The number of aliphatic carboxylic acids is 1. The van der Waals surface area contributed by atoms with E-state index < -0.39 is 35.6 Å².